The van der Waals surface area contributed by atoms with Crippen molar-refractivity contribution in [3.05, 3.63) is 0 Å². The summed E-state index contributed by atoms with van der Waals surface area (Å²) in [6, 6.07) is 0.745. The molecule has 1 aliphatic heterocycles. The summed E-state index contributed by atoms with van der Waals surface area (Å²) in [6.45, 7) is 6.03. The molecule has 1 heterocycles. The number of nitrogens with one attached hydrogen (secondary N) is 1. The molecule has 106 valence electrons. The minimum atomic E-state index is 0.209. The maximum Gasteiger partial charge on any atom is 0.0933 e. The van der Waals surface area contributed by atoms with Crippen LogP contribution in [0.4, 0.5) is 0 Å². The summed E-state index contributed by atoms with van der Waals surface area (Å²) < 4.78 is 11.2. The fourth-order valence-electron chi connectivity index (χ4n) is 2.47. The van der Waals surface area contributed by atoms with Gasteiger partial charge in [0.05, 0.1) is 19.3 Å². The van der Waals surface area contributed by atoms with Gasteiger partial charge in [0.25, 0.3) is 0 Å². The summed E-state index contributed by atoms with van der Waals surface area (Å²) in [7, 11) is 1.75. The zero-order chi connectivity index (χ0) is 12.6. The molecule has 1 atom stereocenters. The largest absolute Gasteiger partial charge is 0.382 e. The molecule has 0 spiro atoms. The number of ether oxygens (including phenoxy) is 2. The first-order valence-electron chi connectivity index (χ1n) is 7.45. The lowest BCUT2D eigenvalue weighted by molar-refractivity contribution is -0.0104. The van der Waals surface area contributed by atoms with Crippen LogP contribution in [-0.4, -0.2) is 63.5 Å². The molecular weight excluding hydrogens is 228 g/mol. The molecule has 2 rings (SSSR count). The van der Waals surface area contributed by atoms with Crippen LogP contribution in [0.25, 0.3) is 0 Å². The van der Waals surface area contributed by atoms with Gasteiger partial charge in [-0.1, -0.05) is 6.42 Å². The van der Waals surface area contributed by atoms with E-state index < -0.39 is 0 Å². The molecule has 1 saturated carbocycles. The van der Waals surface area contributed by atoms with Gasteiger partial charge in [0.15, 0.2) is 0 Å². The number of likely N-dealkylation sites (tertiary alicyclic amines) is 1. The molecule has 0 radical (unpaired) electrons. The fraction of sp³-hybridized carbons (Fsp3) is 1.00. The number of methoxy groups -OCH3 is 1. The maximum absolute atomic E-state index is 5.93. The van der Waals surface area contributed by atoms with Gasteiger partial charge in [0, 0.05) is 26.2 Å². The van der Waals surface area contributed by atoms with Crippen molar-refractivity contribution >= 4 is 0 Å². The molecule has 2 aliphatic rings. The van der Waals surface area contributed by atoms with E-state index in [2.05, 4.69) is 10.2 Å². The van der Waals surface area contributed by atoms with Crippen LogP contribution in [0.15, 0.2) is 0 Å². The van der Waals surface area contributed by atoms with Crippen molar-refractivity contribution in [1.82, 2.24) is 10.2 Å². The Morgan fingerprint density at radius 1 is 1.22 bits per heavy atom. The quantitative estimate of drug-likeness (QED) is 0.673. The minimum absolute atomic E-state index is 0.209. The summed E-state index contributed by atoms with van der Waals surface area (Å²) in [5.41, 5.74) is 0. The van der Waals surface area contributed by atoms with Gasteiger partial charge in [-0.25, -0.2) is 0 Å². The third-order valence-electron chi connectivity index (χ3n) is 3.77. The smallest absolute Gasteiger partial charge is 0.0933 e. The SMILES string of the molecule is COCC(CNC1CC1)OCCN1CCCCC1. The summed E-state index contributed by atoms with van der Waals surface area (Å²) in [6.07, 6.45) is 6.96. The Balaban J connectivity index is 1.55. The van der Waals surface area contributed by atoms with E-state index in [9.17, 15) is 0 Å². The molecule has 0 bridgehead atoms. The molecule has 1 unspecified atom stereocenters. The van der Waals surface area contributed by atoms with Crippen molar-refractivity contribution in [3.8, 4) is 0 Å². The van der Waals surface area contributed by atoms with E-state index in [-0.39, 0.29) is 6.10 Å². The number of piperidine rings is 1. The lowest BCUT2D eigenvalue weighted by atomic mass is 10.1. The van der Waals surface area contributed by atoms with E-state index in [1.54, 1.807) is 7.11 Å². The van der Waals surface area contributed by atoms with E-state index >= 15 is 0 Å². The van der Waals surface area contributed by atoms with Gasteiger partial charge in [0.2, 0.25) is 0 Å². The second kappa shape index (κ2) is 8.10. The molecule has 0 aromatic carbocycles. The molecule has 1 N–H and O–H groups in total. The molecule has 4 nitrogen and oxygen atoms in total. The van der Waals surface area contributed by atoms with Gasteiger partial charge >= 0.3 is 0 Å². The fourth-order valence-corrected chi connectivity index (χ4v) is 2.47. The van der Waals surface area contributed by atoms with Gasteiger partial charge < -0.3 is 19.7 Å². The van der Waals surface area contributed by atoms with Gasteiger partial charge in [-0.3, -0.25) is 0 Å². The standard InChI is InChI=1S/C14H28N2O2/c1-17-12-14(11-15-13-5-6-13)18-10-9-16-7-3-2-4-8-16/h13-15H,2-12H2,1H3. The topological polar surface area (TPSA) is 33.7 Å². The van der Waals surface area contributed by atoms with Crippen molar-refractivity contribution in [3.63, 3.8) is 0 Å². The Hall–Kier alpha value is -0.160. The van der Waals surface area contributed by atoms with Gasteiger partial charge in [-0.2, -0.15) is 0 Å². The number of hydrogen-bond donors (Lipinski definition) is 1. The zero-order valence-electron chi connectivity index (χ0n) is 11.7. The summed E-state index contributed by atoms with van der Waals surface area (Å²) in [4.78, 5) is 2.52. The van der Waals surface area contributed by atoms with E-state index in [0.29, 0.717) is 6.61 Å². The van der Waals surface area contributed by atoms with Crippen LogP contribution in [0.1, 0.15) is 32.1 Å². The normalized spacial score (nSPS) is 23.2. The summed E-state index contributed by atoms with van der Waals surface area (Å²) in [5.74, 6) is 0. The highest BCUT2D eigenvalue weighted by Crippen LogP contribution is 2.18. The number of rotatable bonds is 9. The van der Waals surface area contributed by atoms with Crippen LogP contribution in [0.3, 0.4) is 0 Å². The second-order valence-electron chi connectivity index (χ2n) is 5.53. The van der Waals surface area contributed by atoms with Crippen molar-refractivity contribution < 1.29 is 9.47 Å². The first kappa shape index (κ1) is 14.3. The van der Waals surface area contributed by atoms with Crippen LogP contribution >= 0.6 is 0 Å². The van der Waals surface area contributed by atoms with Crippen molar-refractivity contribution in [2.75, 3.05) is 46.5 Å². The Labute approximate surface area is 111 Å². The highest BCUT2D eigenvalue weighted by Gasteiger charge is 2.22. The van der Waals surface area contributed by atoms with Crippen molar-refractivity contribution in [2.24, 2.45) is 0 Å². The van der Waals surface area contributed by atoms with Gasteiger partial charge in [-0.05, 0) is 38.8 Å². The number of hydrogen-bond acceptors (Lipinski definition) is 4. The zero-order valence-corrected chi connectivity index (χ0v) is 11.7. The maximum atomic E-state index is 5.93. The molecule has 0 aromatic rings. The van der Waals surface area contributed by atoms with E-state index in [1.165, 1.54) is 45.2 Å². The molecular formula is C14H28N2O2. The van der Waals surface area contributed by atoms with Crippen molar-refractivity contribution in [1.29, 1.82) is 0 Å². The monoisotopic (exact) mass is 256 g/mol. The van der Waals surface area contributed by atoms with Crippen LogP contribution in [-0.2, 0) is 9.47 Å². The average Bonchev–Trinajstić information content (AvgIpc) is 3.21. The predicted molar refractivity (Wildman–Crippen MR) is 72.9 cm³/mol. The highest BCUT2D eigenvalue weighted by molar-refractivity contribution is 4.82. The Kier molecular flexibility index (Phi) is 6.41. The summed E-state index contributed by atoms with van der Waals surface area (Å²) in [5, 5.41) is 3.51. The first-order chi connectivity index (χ1) is 8.88. The van der Waals surface area contributed by atoms with Crippen LogP contribution < -0.4 is 5.32 Å². The van der Waals surface area contributed by atoms with Crippen LogP contribution in [0.2, 0.25) is 0 Å². The summed E-state index contributed by atoms with van der Waals surface area (Å²) >= 11 is 0. The molecule has 1 saturated heterocycles. The molecule has 2 fully saturated rings. The lowest BCUT2D eigenvalue weighted by Gasteiger charge is -2.27. The molecule has 4 heteroatoms. The van der Waals surface area contributed by atoms with E-state index in [0.717, 1.165) is 25.7 Å². The Bertz CT molecular complexity index is 216. The van der Waals surface area contributed by atoms with Crippen molar-refractivity contribution in [2.45, 2.75) is 44.2 Å². The Morgan fingerprint density at radius 2 is 2.00 bits per heavy atom. The minimum Gasteiger partial charge on any atom is -0.382 e. The molecule has 18 heavy (non-hydrogen) atoms. The average molecular weight is 256 g/mol. The van der Waals surface area contributed by atoms with E-state index in [4.69, 9.17) is 9.47 Å². The molecule has 1 aliphatic carbocycles. The lowest BCUT2D eigenvalue weighted by Crippen LogP contribution is -2.37. The predicted octanol–water partition coefficient (Wildman–Crippen LogP) is 1.26. The van der Waals surface area contributed by atoms with Gasteiger partial charge in [-0.15, -0.1) is 0 Å². The first-order valence-corrected chi connectivity index (χ1v) is 7.45. The van der Waals surface area contributed by atoms with Crippen LogP contribution in [0.5, 0.6) is 0 Å². The molecule has 0 amide bonds. The second-order valence-corrected chi connectivity index (χ2v) is 5.53. The number of nitrogens with zero attached hydrogens (tertiary/aromatic N) is 1. The van der Waals surface area contributed by atoms with E-state index in [1.807, 2.05) is 0 Å². The highest BCUT2D eigenvalue weighted by atomic mass is 16.5. The Morgan fingerprint density at radius 3 is 2.67 bits per heavy atom. The van der Waals surface area contributed by atoms with Crippen LogP contribution in [0, 0.1) is 0 Å². The third-order valence-corrected chi connectivity index (χ3v) is 3.77. The molecule has 0 aromatic heterocycles. The third kappa shape index (κ3) is 5.65. The van der Waals surface area contributed by atoms with Gasteiger partial charge in [0.1, 0.15) is 0 Å².